The van der Waals surface area contributed by atoms with Crippen molar-refractivity contribution in [2.45, 2.75) is 52.4 Å². The fourth-order valence-electron chi connectivity index (χ4n) is 7.22. The van der Waals surface area contributed by atoms with Crippen molar-refractivity contribution in [3.63, 3.8) is 0 Å². The Morgan fingerprint density at radius 2 is 1.07 bits per heavy atom. The summed E-state index contributed by atoms with van der Waals surface area (Å²) in [6.45, 7) is 10.4. The normalized spacial score (nSPS) is 13.5. The van der Waals surface area contributed by atoms with Gasteiger partial charge < -0.3 is 33.9 Å². The van der Waals surface area contributed by atoms with E-state index < -0.39 is 0 Å². The molecular formula is C48H54N4O3. The average molecular weight is 735 g/mol. The minimum absolute atomic E-state index is 0.100. The fourth-order valence-corrected chi connectivity index (χ4v) is 7.22. The van der Waals surface area contributed by atoms with E-state index in [1.54, 1.807) is 14.2 Å². The number of likely N-dealkylation sites (tertiary alicyclic amines) is 1. The smallest absolute Gasteiger partial charge is 0.119 e. The van der Waals surface area contributed by atoms with Crippen LogP contribution in [0.15, 0.2) is 97.1 Å². The van der Waals surface area contributed by atoms with Gasteiger partial charge in [0, 0.05) is 64.0 Å². The summed E-state index contributed by atoms with van der Waals surface area (Å²) >= 11 is 0. The standard InChI is InChI=1S/C24H26N2O.C20H19NO2.C4H9N/c1-19-17-21-18-23(27-2)12-13-24(21)26(19)22-10-8-20(9-11-22)7-3-4-14-25-15-5-6-16-25;1-15-13-17-14-19(23-2)10-11-20(17)21(15)18-8-6-16(7-9-18)5-3-4-12-22;1-2-4-5-3-1/h8-13,17-18H,4-6,14-16H2,1-2H3;6-11,13-14,22H,4,12H2,1-2H3;5H,1-4H2. The topological polar surface area (TPSA) is 63.8 Å². The maximum absolute atomic E-state index is 8.77. The van der Waals surface area contributed by atoms with Gasteiger partial charge in [0.1, 0.15) is 11.5 Å². The molecule has 2 fully saturated rings. The number of aliphatic hydroxyl groups excluding tert-OH is 1. The first-order chi connectivity index (χ1) is 27.0. The Morgan fingerprint density at radius 3 is 1.49 bits per heavy atom. The second-order valence-electron chi connectivity index (χ2n) is 14.0. The number of nitrogens with one attached hydrogen (secondary N) is 1. The van der Waals surface area contributed by atoms with E-state index in [1.807, 2.05) is 30.3 Å². The van der Waals surface area contributed by atoms with Gasteiger partial charge >= 0.3 is 0 Å². The third-order valence-electron chi connectivity index (χ3n) is 10.0. The van der Waals surface area contributed by atoms with Crippen molar-refractivity contribution in [3.05, 3.63) is 120 Å². The molecule has 2 aromatic heterocycles. The van der Waals surface area contributed by atoms with E-state index in [0.717, 1.165) is 57.9 Å². The number of aliphatic hydroxyl groups is 1. The predicted molar refractivity (Wildman–Crippen MR) is 227 cm³/mol. The molecule has 284 valence electrons. The molecule has 2 N–H and O–H groups in total. The summed E-state index contributed by atoms with van der Waals surface area (Å²) < 4.78 is 15.1. The first-order valence-electron chi connectivity index (χ1n) is 19.5. The maximum atomic E-state index is 8.77. The van der Waals surface area contributed by atoms with E-state index in [-0.39, 0.29) is 6.61 Å². The number of ether oxygens (including phenoxy) is 2. The molecule has 6 aromatic rings. The van der Waals surface area contributed by atoms with Gasteiger partial charge in [0.05, 0.1) is 31.9 Å². The van der Waals surface area contributed by atoms with Crippen molar-refractivity contribution in [2.75, 3.05) is 53.6 Å². The first-order valence-corrected chi connectivity index (χ1v) is 19.5. The molecule has 55 heavy (non-hydrogen) atoms. The van der Waals surface area contributed by atoms with Gasteiger partial charge in [0.2, 0.25) is 0 Å². The van der Waals surface area contributed by atoms with Gasteiger partial charge in [-0.25, -0.2) is 0 Å². The largest absolute Gasteiger partial charge is 0.497 e. The summed E-state index contributed by atoms with van der Waals surface area (Å²) in [7, 11) is 3.39. The number of methoxy groups -OCH3 is 2. The predicted octanol–water partition coefficient (Wildman–Crippen LogP) is 8.84. The van der Waals surface area contributed by atoms with Gasteiger partial charge in [-0.2, -0.15) is 0 Å². The minimum atomic E-state index is 0.100. The number of aryl methyl sites for hydroxylation is 2. The fraction of sp³-hybridized carbons (Fsp3) is 0.333. The molecular weight excluding hydrogens is 681 g/mol. The SMILES string of the molecule is C1CCNC1.COc1ccc2c(c1)cc(C)n2-c1ccc(C#CCCN2CCCC2)cc1.COc1ccc2c(c1)cc(C)n2-c1ccc(C#CCCO)cc1. The van der Waals surface area contributed by atoms with Crippen molar-refractivity contribution in [2.24, 2.45) is 0 Å². The number of hydrogen-bond acceptors (Lipinski definition) is 5. The third-order valence-corrected chi connectivity index (χ3v) is 10.0. The van der Waals surface area contributed by atoms with Gasteiger partial charge in [-0.1, -0.05) is 23.7 Å². The molecule has 4 heterocycles. The lowest BCUT2D eigenvalue weighted by Gasteiger charge is -2.11. The van der Waals surface area contributed by atoms with E-state index in [4.69, 9.17) is 14.6 Å². The first kappa shape index (κ1) is 39.3. The van der Waals surface area contributed by atoms with Crippen molar-refractivity contribution in [1.82, 2.24) is 19.4 Å². The Labute approximate surface area is 326 Å². The quantitative estimate of drug-likeness (QED) is 0.161. The van der Waals surface area contributed by atoms with Gasteiger partial charge in [0.15, 0.2) is 0 Å². The van der Waals surface area contributed by atoms with Crippen molar-refractivity contribution in [1.29, 1.82) is 0 Å². The van der Waals surface area contributed by atoms with Gasteiger partial charge in [-0.05, 0) is 163 Å². The van der Waals surface area contributed by atoms with Gasteiger partial charge in [-0.3, -0.25) is 0 Å². The number of aromatic nitrogens is 2. The summed E-state index contributed by atoms with van der Waals surface area (Å²) in [5, 5.41) is 14.3. The van der Waals surface area contributed by atoms with Gasteiger partial charge in [-0.15, -0.1) is 0 Å². The maximum Gasteiger partial charge on any atom is 0.119 e. The molecule has 0 aliphatic carbocycles. The van der Waals surface area contributed by atoms with Crippen LogP contribution in [0.25, 0.3) is 33.2 Å². The molecule has 0 bridgehead atoms. The molecule has 2 saturated heterocycles. The van der Waals surface area contributed by atoms with Crippen LogP contribution in [0, 0.1) is 37.5 Å². The van der Waals surface area contributed by atoms with Crippen LogP contribution in [0.2, 0.25) is 0 Å². The van der Waals surface area contributed by atoms with Gasteiger partial charge in [0.25, 0.3) is 0 Å². The van der Waals surface area contributed by atoms with Crippen LogP contribution < -0.4 is 14.8 Å². The molecule has 0 atom stereocenters. The Balaban J connectivity index is 0.000000167. The highest BCUT2D eigenvalue weighted by molar-refractivity contribution is 5.85. The zero-order valence-electron chi connectivity index (χ0n) is 32.8. The Morgan fingerprint density at radius 1 is 0.600 bits per heavy atom. The molecule has 2 aliphatic heterocycles. The van der Waals surface area contributed by atoms with E-state index in [0.29, 0.717) is 6.42 Å². The highest BCUT2D eigenvalue weighted by Gasteiger charge is 2.11. The van der Waals surface area contributed by atoms with Crippen LogP contribution in [0.4, 0.5) is 0 Å². The molecule has 0 saturated carbocycles. The number of nitrogens with zero attached hydrogens (tertiary/aromatic N) is 3. The van der Waals surface area contributed by atoms with Crippen LogP contribution in [0.3, 0.4) is 0 Å². The zero-order chi connectivity index (χ0) is 38.4. The summed E-state index contributed by atoms with van der Waals surface area (Å²) in [5.74, 6) is 14.4. The monoisotopic (exact) mass is 734 g/mol. The minimum Gasteiger partial charge on any atom is -0.497 e. The lowest BCUT2D eigenvalue weighted by Crippen LogP contribution is -2.19. The highest BCUT2D eigenvalue weighted by atomic mass is 16.5. The van der Waals surface area contributed by atoms with E-state index >= 15 is 0 Å². The summed E-state index contributed by atoms with van der Waals surface area (Å²) in [5.41, 5.74) is 9.04. The number of fused-ring (bicyclic) bond motifs is 2. The lowest BCUT2D eigenvalue weighted by molar-refractivity contribution is 0.305. The number of benzene rings is 4. The van der Waals surface area contributed by atoms with Crippen molar-refractivity contribution in [3.8, 4) is 46.6 Å². The molecule has 0 unspecified atom stereocenters. The number of rotatable bonds is 7. The zero-order valence-corrected chi connectivity index (χ0v) is 32.8. The van der Waals surface area contributed by atoms with E-state index in [9.17, 15) is 0 Å². The Kier molecular flexibility index (Phi) is 14.1. The molecule has 2 aliphatic rings. The van der Waals surface area contributed by atoms with Crippen LogP contribution in [0.5, 0.6) is 11.5 Å². The third kappa shape index (κ3) is 10.4. The summed E-state index contributed by atoms with van der Waals surface area (Å²) in [6.07, 6.45) is 6.92. The molecule has 7 nitrogen and oxygen atoms in total. The van der Waals surface area contributed by atoms with Crippen LogP contribution in [-0.4, -0.2) is 72.7 Å². The van der Waals surface area contributed by atoms with E-state index in [1.165, 1.54) is 74.2 Å². The molecule has 4 aromatic carbocycles. The molecule has 0 radical (unpaired) electrons. The lowest BCUT2D eigenvalue weighted by atomic mass is 10.2. The van der Waals surface area contributed by atoms with Crippen LogP contribution in [-0.2, 0) is 0 Å². The molecule has 8 rings (SSSR count). The van der Waals surface area contributed by atoms with Crippen molar-refractivity contribution < 1.29 is 14.6 Å². The summed E-state index contributed by atoms with van der Waals surface area (Å²) in [6, 6.07) is 33.4. The second-order valence-corrected chi connectivity index (χ2v) is 14.0. The highest BCUT2D eigenvalue weighted by Crippen LogP contribution is 2.29. The van der Waals surface area contributed by atoms with Crippen molar-refractivity contribution >= 4 is 21.8 Å². The molecule has 7 heteroatoms. The van der Waals surface area contributed by atoms with Crippen LogP contribution in [0.1, 0.15) is 61.0 Å². The number of hydrogen-bond donors (Lipinski definition) is 2. The second kappa shape index (κ2) is 19.8. The average Bonchev–Trinajstić information content (AvgIpc) is 4.05. The Bertz CT molecular complexity index is 2260. The molecule has 0 spiro atoms. The molecule has 0 amide bonds. The van der Waals surface area contributed by atoms with E-state index in [2.05, 4.69) is 124 Å². The van der Waals surface area contributed by atoms with Crippen LogP contribution >= 0.6 is 0 Å². The summed E-state index contributed by atoms with van der Waals surface area (Å²) in [4.78, 5) is 2.51. The Hall–Kier alpha value is -5.44.